The molecule has 0 aliphatic carbocycles. The molecular weight excluding hydrogens is 252 g/mol. The molecule has 18 heavy (non-hydrogen) atoms. The quantitative estimate of drug-likeness (QED) is 0.824. The van der Waals surface area contributed by atoms with Gasteiger partial charge in [-0.1, -0.05) is 11.8 Å². The molecule has 2 amide bonds. The second kappa shape index (κ2) is 5.73. The first-order valence-corrected chi connectivity index (χ1v) is 6.81. The summed E-state index contributed by atoms with van der Waals surface area (Å²) in [5.41, 5.74) is -0.298. The Morgan fingerprint density at radius 3 is 2.56 bits per heavy atom. The molecule has 6 heteroatoms. The van der Waals surface area contributed by atoms with Gasteiger partial charge in [-0.25, -0.2) is 0 Å². The Bertz CT molecular complexity index is 363. The minimum atomic E-state index is -0.298. The van der Waals surface area contributed by atoms with Crippen LogP contribution in [0.2, 0.25) is 0 Å². The van der Waals surface area contributed by atoms with Crippen LogP contribution in [0.25, 0.3) is 0 Å². The first-order valence-electron chi connectivity index (χ1n) is 5.93. The van der Waals surface area contributed by atoms with Crippen molar-refractivity contribution in [2.75, 3.05) is 13.1 Å². The van der Waals surface area contributed by atoms with E-state index in [1.54, 1.807) is 0 Å². The SMILES string of the molecule is CC(=O)SC1CC(=O)N(CC(=O)NC(C)(C)C)C1. The number of amides is 2. The maximum absolute atomic E-state index is 11.7. The van der Waals surface area contributed by atoms with Crippen molar-refractivity contribution in [2.24, 2.45) is 0 Å². The van der Waals surface area contributed by atoms with Crippen molar-refractivity contribution in [1.29, 1.82) is 0 Å². The molecule has 1 saturated heterocycles. The summed E-state index contributed by atoms with van der Waals surface area (Å²) in [5, 5.41) is 2.81. The Morgan fingerprint density at radius 1 is 1.44 bits per heavy atom. The fourth-order valence-electron chi connectivity index (χ4n) is 1.83. The summed E-state index contributed by atoms with van der Waals surface area (Å²) >= 11 is 1.18. The Kier molecular flexibility index (Phi) is 4.78. The smallest absolute Gasteiger partial charge is 0.240 e. The molecule has 1 heterocycles. The summed E-state index contributed by atoms with van der Waals surface area (Å²) in [6, 6.07) is 0. The van der Waals surface area contributed by atoms with Crippen molar-refractivity contribution in [3.05, 3.63) is 0 Å². The predicted octanol–water partition coefficient (Wildman–Crippen LogP) is 0.782. The molecule has 0 spiro atoms. The monoisotopic (exact) mass is 272 g/mol. The van der Waals surface area contributed by atoms with Crippen molar-refractivity contribution in [3.8, 4) is 0 Å². The maximum atomic E-state index is 11.7. The van der Waals surface area contributed by atoms with Gasteiger partial charge in [0.25, 0.3) is 0 Å². The van der Waals surface area contributed by atoms with E-state index < -0.39 is 0 Å². The van der Waals surface area contributed by atoms with Crippen molar-refractivity contribution in [1.82, 2.24) is 10.2 Å². The normalized spacial score (nSPS) is 20.1. The minimum Gasteiger partial charge on any atom is -0.350 e. The number of hydrogen-bond acceptors (Lipinski definition) is 4. The van der Waals surface area contributed by atoms with Crippen LogP contribution in [0.1, 0.15) is 34.1 Å². The minimum absolute atomic E-state index is 0.00814. The van der Waals surface area contributed by atoms with Crippen LogP contribution in [0.5, 0.6) is 0 Å². The summed E-state index contributed by atoms with van der Waals surface area (Å²) in [4.78, 5) is 35.9. The van der Waals surface area contributed by atoms with Gasteiger partial charge >= 0.3 is 0 Å². The lowest BCUT2D eigenvalue weighted by Gasteiger charge is -2.23. The number of thioether (sulfide) groups is 1. The van der Waals surface area contributed by atoms with Gasteiger partial charge in [-0.2, -0.15) is 0 Å². The van der Waals surface area contributed by atoms with Crippen LogP contribution in [0, 0.1) is 0 Å². The summed E-state index contributed by atoms with van der Waals surface area (Å²) < 4.78 is 0. The Morgan fingerprint density at radius 2 is 2.06 bits per heavy atom. The zero-order valence-corrected chi connectivity index (χ0v) is 12.1. The molecule has 0 radical (unpaired) electrons. The van der Waals surface area contributed by atoms with Gasteiger partial charge in [0.05, 0.1) is 6.54 Å². The van der Waals surface area contributed by atoms with Gasteiger partial charge in [0, 0.05) is 30.7 Å². The number of hydrogen-bond donors (Lipinski definition) is 1. The van der Waals surface area contributed by atoms with Crippen LogP contribution < -0.4 is 5.32 Å². The number of rotatable bonds is 3. The van der Waals surface area contributed by atoms with Crippen molar-refractivity contribution >= 4 is 28.7 Å². The fraction of sp³-hybridized carbons (Fsp3) is 0.750. The largest absolute Gasteiger partial charge is 0.350 e. The molecule has 1 aliphatic heterocycles. The summed E-state index contributed by atoms with van der Waals surface area (Å²) in [5.74, 6) is -0.220. The van der Waals surface area contributed by atoms with E-state index in [-0.39, 0.29) is 34.3 Å². The molecule has 0 saturated carbocycles. The van der Waals surface area contributed by atoms with E-state index in [2.05, 4.69) is 5.32 Å². The molecule has 0 bridgehead atoms. The van der Waals surface area contributed by atoms with Crippen LogP contribution >= 0.6 is 11.8 Å². The molecule has 0 aromatic carbocycles. The second-order valence-corrected chi connectivity index (χ2v) is 6.99. The van der Waals surface area contributed by atoms with Crippen molar-refractivity contribution in [3.63, 3.8) is 0 Å². The van der Waals surface area contributed by atoms with Crippen molar-refractivity contribution in [2.45, 2.75) is 44.9 Å². The number of likely N-dealkylation sites (tertiary alicyclic amines) is 1. The van der Waals surface area contributed by atoms with Crippen LogP contribution in [0.15, 0.2) is 0 Å². The van der Waals surface area contributed by atoms with Crippen molar-refractivity contribution < 1.29 is 14.4 Å². The number of carbonyl (C=O) groups excluding carboxylic acids is 3. The second-order valence-electron chi connectivity index (χ2n) is 5.51. The van der Waals surface area contributed by atoms with E-state index in [1.165, 1.54) is 23.6 Å². The highest BCUT2D eigenvalue weighted by Crippen LogP contribution is 2.23. The molecule has 0 aromatic heterocycles. The fourth-order valence-corrected chi connectivity index (χ4v) is 2.78. The van der Waals surface area contributed by atoms with Gasteiger partial charge in [0.1, 0.15) is 0 Å². The van der Waals surface area contributed by atoms with E-state index in [9.17, 15) is 14.4 Å². The third kappa shape index (κ3) is 5.08. The molecule has 1 fully saturated rings. The molecule has 5 nitrogen and oxygen atoms in total. The Balaban J connectivity index is 2.46. The van der Waals surface area contributed by atoms with Gasteiger partial charge in [0.2, 0.25) is 11.8 Å². The molecule has 1 atom stereocenters. The van der Waals surface area contributed by atoms with Crippen LogP contribution in [-0.2, 0) is 14.4 Å². The lowest BCUT2D eigenvalue weighted by Crippen LogP contribution is -2.46. The maximum Gasteiger partial charge on any atom is 0.240 e. The van der Waals surface area contributed by atoms with E-state index in [1.807, 2.05) is 20.8 Å². The molecule has 1 rings (SSSR count). The third-order valence-corrected chi connectivity index (χ3v) is 3.34. The molecule has 1 N–H and O–H groups in total. The van der Waals surface area contributed by atoms with E-state index in [0.717, 1.165) is 0 Å². The molecular formula is C12H20N2O3S. The van der Waals surface area contributed by atoms with Gasteiger partial charge in [-0.3, -0.25) is 14.4 Å². The Hall–Kier alpha value is -1.04. The molecule has 1 aliphatic rings. The summed E-state index contributed by atoms with van der Waals surface area (Å²) in [6.07, 6.45) is 0.340. The highest BCUT2D eigenvalue weighted by atomic mass is 32.2. The van der Waals surface area contributed by atoms with E-state index >= 15 is 0 Å². The lowest BCUT2D eigenvalue weighted by molar-refractivity contribution is -0.133. The Labute approximate surface area is 112 Å². The molecule has 1 unspecified atom stereocenters. The van der Waals surface area contributed by atoms with Gasteiger partial charge in [0.15, 0.2) is 5.12 Å². The van der Waals surface area contributed by atoms with Gasteiger partial charge in [-0.15, -0.1) is 0 Å². The lowest BCUT2D eigenvalue weighted by atomic mass is 10.1. The standard InChI is InChI=1S/C12H20N2O3S/c1-8(15)18-9-5-11(17)14(6-9)7-10(16)13-12(2,3)4/h9H,5-7H2,1-4H3,(H,13,16). The zero-order chi connectivity index (χ0) is 13.9. The van der Waals surface area contributed by atoms with E-state index in [4.69, 9.17) is 0 Å². The van der Waals surface area contributed by atoms with Gasteiger partial charge in [-0.05, 0) is 20.8 Å². The van der Waals surface area contributed by atoms with Crippen LogP contribution in [0.4, 0.5) is 0 Å². The first kappa shape index (κ1) is 15.0. The van der Waals surface area contributed by atoms with Crippen LogP contribution in [0.3, 0.4) is 0 Å². The zero-order valence-electron chi connectivity index (χ0n) is 11.3. The average molecular weight is 272 g/mol. The summed E-state index contributed by atoms with van der Waals surface area (Å²) in [7, 11) is 0. The predicted molar refractivity (Wildman–Crippen MR) is 71.2 cm³/mol. The third-order valence-electron chi connectivity index (χ3n) is 2.36. The topological polar surface area (TPSA) is 66.5 Å². The van der Waals surface area contributed by atoms with Crippen LogP contribution in [-0.4, -0.2) is 45.7 Å². The first-order chi connectivity index (χ1) is 8.17. The van der Waals surface area contributed by atoms with E-state index in [0.29, 0.717) is 13.0 Å². The highest BCUT2D eigenvalue weighted by molar-refractivity contribution is 8.14. The number of nitrogens with zero attached hydrogens (tertiary/aromatic N) is 1. The number of carbonyl (C=O) groups is 3. The summed E-state index contributed by atoms with van der Waals surface area (Å²) in [6.45, 7) is 7.72. The molecule has 0 aromatic rings. The number of nitrogens with one attached hydrogen (secondary N) is 1. The molecule has 102 valence electrons. The highest BCUT2D eigenvalue weighted by Gasteiger charge is 2.32. The average Bonchev–Trinajstić information content (AvgIpc) is 2.41. The van der Waals surface area contributed by atoms with Gasteiger partial charge < -0.3 is 10.2 Å².